The first-order valence-corrected chi connectivity index (χ1v) is 8.36. The molecule has 3 rings (SSSR count). The van der Waals surface area contributed by atoms with Crippen molar-refractivity contribution in [2.24, 2.45) is 0 Å². The maximum absolute atomic E-state index is 12.9. The Kier molecular flexibility index (Phi) is 5.30. The number of carbonyl (C=O) groups excluding carboxylic acids is 3. The fourth-order valence-electron chi connectivity index (χ4n) is 2.94. The van der Waals surface area contributed by atoms with Gasteiger partial charge < -0.3 is 4.90 Å². The predicted octanol–water partition coefficient (Wildman–Crippen LogP) is 2.55. The summed E-state index contributed by atoms with van der Waals surface area (Å²) in [5, 5.41) is 0. The first-order chi connectivity index (χ1) is 13.0. The van der Waals surface area contributed by atoms with E-state index < -0.39 is 23.7 Å². The summed E-state index contributed by atoms with van der Waals surface area (Å²) in [6, 6.07) is 12.0. The maximum atomic E-state index is 12.9. The number of hydrogen-bond donors (Lipinski definition) is 2. The Morgan fingerprint density at radius 1 is 1.04 bits per heavy atom. The molecule has 0 aromatic heterocycles. The molecule has 138 valence electrons. The quantitative estimate of drug-likeness (QED) is 0.819. The fourth-order valence-corrected chi connectivity index (χ4v) is 2.94. The highest BCUT2D eigenvalue weighted by atomic mass is 19.1. The van der Waals surface area contributed by atoms with Gasteiger partial charge in [-0.3, -0.25) is 25.2 Å². The molecule has 1 aliphatic rings. The molecule has 0 fully saturated rings. The molecule has 0 spiro atoms. The van der Waals surface area contributed by atoms with Crippen molar-refractivity contribution in [2.45, 2.75) is 19.4 Å². The number of amides is 3. The molecule has 0 saturated heterocycles. The SMILES string of the molecule is CC(=O)N1C=Cc2ccccc2[C@@H]1CC(=O)NNC(=O)c1ccc(F)cc1. The summed E-state index contributed by atoms with van der Waals surface area (Å²) in [6.07, 6.45) is 3.45. The number of benzene rings is 2. The molecule has 6 nitrogen and oxygen atoms in total. The molecule has 0 aliphatic carbocycles. The molecule has 0 radical (unpaired) electrons. The van der Waals surface area contributed by atoms with Gasteiger partial charge in [-0.1, -0.05) is 24.3 Å². The van der Waals surface area contributed by atoms with Crippen LogP contribution in [-0.2, 0) is 9.59 Å². The molecule has 2 aromatic rings. The Morgan fingerprint density at radius 2 is 1.74 bits per heavy atom. The van der Waals surface area contributed by atoms with E-state index >= 15 is 0 Å². The number of hydrazine groups is 1. The van der Waals surface area contributed by atoms with Crippen LogP contribution in [0.4, 0.5) is 4.39 Å². The molecular weight excluding hydrogens is 349 g/mol. The van der Waals surface area contributed by atoms with E-state index in [4.69, 9.17) is 0 Å². The van der Waals surface area contributed by atoms with Gasteiger partial charge in [0.15, 0.2) is 0 Å². The van der Waals surface area contributed by atoms with Gasteiger partial charge in [0, 0.05) is 18.7 Å². The molecule has 1 atom stereocenters. The van der Waals surface area contributed by atoms with Crippen molar-refractivity contribution in [1.82, 2.24) is 15.8 Å². The molecule has 2 N–H and O–H groups in total. The van der Waals surface area contributed by atoms with Gasteiger partial charge in [0.25, 0.3) is 5.91 Å². The standard InChI is InChI=1S/C20H18FN3O3/c1-13(25)24-11-10-14-4-2-3-5-17(14)18(24)12-19(26)22-23-20(27)15-6-8-16(21)9-7-15/h2-11,18H,12H2,1H3,(H,22,26)(H,23,27)/t18-/m0/s1. The summed E-state index contributed by atoms with van der Waals surface area (Å²) in [4.78, 5) is 37.7. The van der Waals surface area contributed by atoms with Gasteiger partial charge in [0.1, 0.15) is 5.82 Å². The molecule has 0 saturated carbocycles. The van der Waals surface area contributed by atoms with Crippen molar-refractivity contribution in [3.63, 3.8) is 0 Å². The number of hydrogen-bond acceptors (Lipinski definition) is 3. The molecule has 1 heterocycles. The lowest BCUT2D eigenvalue weighted by Crippen LogP contribution is -2.43. The third-order valence-corrected chi connectivity index (χ3v) is 4.27. The van der Waals surface area contributed by atoms with Gasteiger partial charge in [0.05, 0.1) is 12.5 Å². The summed E-state index contributed by atoms with van der Waals surface area (Å²) in [6.45, 7) is 1.43. The van der Waals surface area contributed by atoms with Crippen molar-refractivity contribution in [1.29, 1.82) is 0 Å². The third kappa shape index (κ3) is 4.20. The Morgan fingerprint density at radius 3 is 2.44 bits per heavy atom. The number of carbonyl (C=O) groups is 3. The smallest absolute Gasteiger partial charge is 0.269 e. The van der Waals surface area contributed by atoms with Crippen LogP contribution in [0.5, 0.6) is 0 Å². The number of rotatable bonds is 3. The highest BCUT2D eigenvalue weighted by Gasteiger charge is 2.28. The molecule has 0 bridgehead atoms. The summed E-state index contributed by atoms with van der Waals surface area (Å²) in [5.74, 6) is -1.65. The zero-order chi connectivity index (χ0) is 19.4. The Hall–Kier alpha value is -3.48. The van der Waals surface area contributed by atoms with Gasteiger partial charge in [-0.25, -0.2) is 4.39 Å². The van der Waals surface area contributed by atoms with E-state index in [9.17, 15) is 18.8 Å². The number of nitrogens with one attached hydrogen (secondary N) is 2. The van der Waals surface area contributed by atoms with E-state index in [1.54, 1.807) is 6.20 Å². The summed E-state index contributed by atoms with van der Waals surface area (Å²) < 4.78 is 12.9. The number of fused-ring (bicyclic) bond motifs is 1. The van der Waals surface area contributed by atoms with Crippen LogP contribution in [-0.4, -0.2) is 22.6 Å². The lowest BCUT2D eigenvalue weighted by atomic mass is 9.93. The van der Waals surface area contributed by atoms with Crippen LogP contribution in [0.1, 0.15) is 40.9 Å². The number of halogens is 1. The van der Waals surface area contributed by atoms with Crippen LogP contribution < -0.4 is 10.9 Å². The van der Waals surface area contributed by atoms with Crippen LogP contribution in [0.3, 0.4) is 0 Å². The van der Waals surface area contributed by atoms with Crippen LogP contribution in [0.2, 0.25) is 0 Å². The highest BCUT2D eigenvalue weighted by molar-refractivity contribution is 5.95. The van der Waals surface area contributed by atoms with Crippen molar-refractivity contribution < 1.29 is 18.8 Å². The minimum atomic E-state index is -0.560. The average Bonchev–Trinajstić information content (AvgIpc) is 2.66. The second-order valence-electron chi connectivity index (χ2n) is 6.10. The molecule has 3 amide bonds. The fraction of sp³-hybridized carbons (Fsp3) is 0.150. The molecule has 1 aliphatic heterocycles. The second kappa shape index (κ2) is 7.82. The van der Waals surface area contributed by atoms with E-state index in [1.165, 1.54) is 24.0 Å². The Balaban J connectivity index is 1.67. The third-order valence-electron chi connectivity index (χ3n) is 4.27. The van der Waals surface area contributed by atoms with Gasteiger partial charge in [-0.05, 0) is 41.5 Å². The Bertz CT molecular complexity index is 909. The monoisotopic (exact) mass is 367 g/mol. The van der Waals surface area contributed by atoms with Crippen molar-refractivity contribution >= 4 is 23.8 Å². The zero-order valence-electron chi connectivity index (χ0n) is 14.6. The van der Waals surface area contributed by atoms with E-state index in [2.05, 4.69) is 10.9 Å². The summed E-state index contributed by atoms with van der Waals surface area (Å²) in [7, 11) is 0. The van der Waals surface area contributed by atoms with Gasteiger partial charge in [-0.2, -0.15) is 0 Å². The van der Waals surface area contributed by atoms with Gasteiger partial charge in [0.2, 0.25) is 11.8 Å². The predicted molar refractivity (Wildman–Crippen MR) is 97.4 cm³/mol. The van der Waals surface area contributed by atoms with E-state index in [0.29, 0.717) is 0 Å². The molecule has 27 heavy (non-hydrogen) atoms. The zero-order valence-corrected chi connectivity index (χ0v) is 14.6. The second-order valence-corrected chi connectivity index (χ2v) is 6.10. The van der Waals surface area contributed by atoms with E-state index in [1.807, 2.05) is 30.3 Å². The van der Waals surface area contributed by atoms with Crippen molar-refractivity contribution in [2.75, 3.05) is 0 Å². The number of nitrogens with zero attached hydrogens (tertiary/aromatic N) is 1. The highest BCUT2D eigenvalue weighted by Crippen LogP contribution is 2.32. The lowest BCUT2D eigenvalue weighted by molar-refractivity contribution is -0.130. The molecule has 0 unspecified atom stereocenters. The van der Waals surface area contributed by atoms with Crippen LogP contribution in [0.25, 0.3) is 6.08 Å². The Labute approximate surface area is 155 Å². The van der Waals surface area contributed by atoms with E-state index in [-0.39, 0.29) is 17.9 Å². The van der Waals surface area contributed by atoms with Crippen LogP contribution >= 0.6 is 0 Å². The average molecular weight is 367 g/mol. The normalized spacial score (nSPS) is 15.0. The lowest BCUT2D eigenvalue weighted by Gasteiger charge is -2.32. The minimum absolute atomic E-state index is 0.0232. The van der Waals surface area contributed by atoms with Crippen molar-refractivity contribution in [3.8, 4) is 0 Å². The van der Waals surface area contributed by atoms with Gasteiger partial charge >= 0.3 is 0 Å². The molecule has 2 aromatic carbocycles. The molecule has 7 heteroatoms. The topological polar surface area (TPSA) is 78.5 Å². The first kappa shape index (κ1) is 18.3. The summed E-state index contributed by atoms with van der Waals surface area (Å²) >= 11 is 0. The van der Waals surface area contributed by atoms with Crippen molar-refractivity contribution in [3.05, 3.63) is 77.2 Å². The summed E-state index contributed by atoms with van der Waals surface area (Å²) in [5.41, 5.74) is 6.64. The van der Waals surface area contributed by atoms with Gasteiger partial charge in [-0.15, -0.1) is 0 Å². The van der Waals surface area contributed by atoms with Crippen LogP contribution in [0.15, 0.2) is 54.7 Å². The van der Waals surface area contributed by atoms with E-state index in [0.717, 1.165) is 23.3 Å². The minimum Gasteiger partial charge on any atom is -0.311 e. The largest absolute Gasteiger partial charge is 0.311 e. The first-order valence-electron chi connectivity index (χ1n) is 8.36. The van der Waals surface area contributed by atoms with Crippen LogP contribution in [0, 0.1) is 5.82 Å². The molecular formula is C20H18FN3O3. The maximum Gasteiger partial charge on any atom is 0.269 e.